The summed E-state index contributed by atoms with van der Waals surface area (Å²) >= 11 is 0. The second-order valence-electron chi connectivity index (χ2n) is 5.81. The van der Waals surface area contributed by atoms with Crippen molar-refractivity contribution in [1.82, 2.24) is 0 Å². The van der Waals surface area contributed by atoms with E-state index in [1.54, 1.807) is 0 Å². The number of nitrogens with one attached hydrogen (secondary N) is 1. The number of benzene rings is 1. The van der Waals surface area contributed by atoms with Crippen LogP contribution in [0, 0.1) is 5.92 Å². The summed E-state index contributed by atoms with van der Waals surface area (Å²) in [6.45, 7) is 8.96. The summed E-state index contributed by atoms with van der Waals surface area (Å²) in [4.78, 5) is 0. The van der Waals surface area contributed by atoms with Gasteiger partial charge in [-0.25, -0.2) is 0 Å². The SMILES string of the molecule is CCOc1ccc(NC[C@@H]2CCOC(C)(C)C2)cc1. The lowest BCUT2D eigenvalue weighted by molar-refractivity contribution is -0.0699. The molecule has 106 valence electrons. The van der Waals surface area contributed by atoms with Gasteiger partial charge in [-0.15, -0.1) is 0 Å². The minimum Gasteiger partial charge on any atom is -0.494 e. The monoisotopic (exact) mass is 263 g/mol. The molecular weight excluding hydrogens is 238 g/mol. The Morgan fingerprint density at radius 1 is 1.32 bits per heavy atom. The molecule has 0 bridgehead atoms. The first-order chi connectivity index (χ1) is 9.09. The summed E-state index contributed by atoms with van der Waals surface area (Å²) in [6.07, 6.45) is 2.27. The molecule has 1 saturated heterocycles. The molecule has 0 aromatic heterocycles. The molecule has 0 saturated carbocycles. The minimum absolute atomic E-state index is 0.0312. The largest absolute Gasteiger partial charge is 0.494 e. The molecule has 3 nitrogen and oxygen atoms in total. The van der Waals surface area contributed by atoms with Gasteiger partial charge in [0.1, 0.15) is 5.75 Å². The molecule has 0 spiro atoms. The molecule has 0 aliphatic carbocycles. The fourth-order valence-electron chi connectivity index (χ4n) is 2.63. The predicted molar refractivity (Wildman–Crippen MR) is 78.9 cm³/mol. The van der Waals surface area contributed by atoms with Crippen molar-refractivity contribution >= 4 is 5.69 Å². The minimum atomic E-state index is 0.0312. The van der Waals surface area contributed by atoms with E-state index >= 15 is 0 Å². The molecule has 3 heteroatoms. The van der Waals surface area contributed by atoms with E-state index in [-0.39, 0.29) is 5.60 Å². The molecule has 1 heterocycles. The third-order valence-corrected chi connectivity index (χ3v) is 3.56. The van der Waals surface area contributed by atoms with Crippen LogP contribution in [0.3, 0.4) is 0 Å². The Morgan fingerprint density at radius 2 is 2.05 bits per heavy atom. The van der Waals surface area contributed by atoms with Gasteiger partial charge in [-0.05, 0) is 63.8 Å². The second-order valence-corrected chi connectivity index (χ2v) is 5.81. The van der Waals surface area contributed by atoms with Crippen molar-refractivity contribution < 1.29 is 9.47 Å². The lowest BCUT2D eigenvalue weighted by atomic mass is 9.88. The lowest BCUT2D eigenvalue weighted by Gasteiger charge is -2.35. The first-order valence-corrected chi connectivity index (χ1v) is 7.20. The van der Waals surface area contributed by atoms with Crippen LogP contribution in [0.1, 0.15) is 33.6 Å². The lowest BCUT2D eigenvalue weighted by Crippen LogP contribution is -2.36. The highest BCUT2D eigenvalue weighted by Crippen LogP contribution is 2.28. The van der Waals surface area contributed by atoms with E-state index < -0.39 is 0 Å². The van der Waals surface area contributed by atoms with Gasteiger partial charge >= 0.3 is 0 Å². The van der Waals surface area contributed by atoms with Crippen molar-refractivity contribution in [3.63, 3.8) is 0 Å². The first kappa shape index (κ1) is 14.2. The zero-order valence-electron chi connectivity index (χ0n) is 12.2. The van der Waals surface area contributed by atoms with E-state index in [0.717, 1.165) is 37.4 Å². The van der Waals surface area contributed by atoms with Gasteiger partial charge in [-0.3, -0.25) is 0 Å². The number of hydrogen-bond donors (Lipinski definition) is 1. The summed E-state index contributed by atoms with van der Waals surface area (Å²) in [6, 6.07) is 8.18. The highest BCUT2D eigenvalue weighted by atomic mass is 16.5. The zero-order chi connectivity index (χ0) is 13.7. The Kier molecular flexibility index (Phi) is 4.70. The van der Waals surface area contributed by atoms with E-state index in [1.165, 1.54) is 0 Å². The van der Waals surface area contributed by atoms with Crippen LogP contribution >= 0.6 is 0 Å². The summed E-state index contributed by atoms with van der Waals surface area (Å²) < 4.78 is 11.2. The molecule has 0 amide bonds. The Labute approximate surface area is 116 Å². The third kappa shape index (κ3) is 4.43. The van der Waals surface area contributed by atoms with Gasteiger partial charge in [0.05, 0.1) is 12.2 Å². The summed E-state index contributed by atoms with van der Waals surface area (Å²) in [5.41, 5.74) is 1.19. The van der Waals surface area contributed by atoms with Gasteiger partial charge in [0.2, 0.25) is 0 Å². The molecule has 1 aromatic rings. The van der Waals surface area contributed by atoms with Gasteiger partial charge in [-0.2, -0.15) is 0 Å². The van der Waals surface area contributed by atoms with Crippen LogP contribution in [0.25, 0.3) is 0 Å². The molecule has 1 aromatic carbocycles. The Morgan fingerprint density at radius 3 is 2.68 bits per heavy atom. The average Bonchev–Trinajstić information content (AvgIpc) is 2.37. The molecule has 1 N–H and O–H groups in total. The van der Waals surface area contributed by atoms with E-state index in [4.69, 9.17) is 9.47 Å². The second kappa shape index (κ2) is 6.29. The zero-order valence-corrected chi connectivity index (χ0v) is 12.2. The van der Waals surface area contributed by atoms with Crippen molar-refractivity contribution in [2.75, 3.05) is 25.1 Å². The smallest absolute Gasteiger partial charge is 0.119 e. The van der Waals surface area contributed by atoms with Gasteiger partial charge < -0.3 is 14.8 Å². The van der Waals surface area contributed by atoms with E-state index in [2.05, 4.69) is 31.3 Å². The summed E-state index contributed by atoms with van der Waals surface area (Å²) in [7, 11) is 0. The van der Waals surface area contributed by atoms with Crippen LogP contribution in [0.15, 0.2) is 24.3 Å². The molecule has 19 heavy (non-hydrogen) atoms. The van der Waals surface area contributed by atoms with Crippen molar-refractivity contribution in [2.45, 2.75) is 39.2 Å². The van der Waals surface area contributed by atoms with Gasteiger partial charge in [0.15, 0.2) is 0 Å². The average molecular weight is 263 g/mol. The maximum Gasteiger partial charge on any atom is 0.119 e. The molecule has 1 aliphatic heterocycles. The van der Waals surface area contributed by atoms with Crippen molar-refractivity contribution in [3.8, 4) is 5.75 Å². The van der Waals surface area contributed by atoms with Crippen LogP contribution in [0.4, 0.5) is 5.69 Å². The van der Waals surface area contributed by atoms with E-state index in [1.807, 2.05) is 19.1 Å². The topological polar surface area (TPSA) is 30.5 Å². The van der Waals surface area contributed by atoms with Crippen LogP contribution in [-0.2, 0) is 4.74 Å². The number of rotatable bonds is 5. The Bertz CT molecular complexity index is 386. The van der Waals surface area contributed by atoms with Crippen LogP contribution in [-0.4, -0.2) is 25.4 Å². The molecule has 1 fully saturated rings. The van der Waals surface area contributed by atoms with Crippen LogP contribution in [0.5, 0.6) is 5.75 Å². The number of anilines is 1. The van der Waals surface area contributed by atoms with Gasteiger partial charge in [0.25, 0.3) is 0 Å². The van der Waals surface area contributed by atoms with Crippen molar-refractivity contribution in [3.05, 3.63) is 24.3 Å². The predicted octanol–water partition coefficient (Wildman–Crippen LogP) is 3.70. The number of ether oxygens (including phenoxy) is 2. The fraction of sp³-hybridized carbons (Fsp3) is 0.625. The maximum absolute atomic E-state index is 5.75. The van der Waals surface area contributed by atoms with Gasteiger partial charge in [0, 0.05) is 18.8 Å². The molecule has 1 aliphatic rings. The maximum atomic E-state index is 5.75. The first-order valence-electron chi connectivity index (χ1n) is 7.20. The van der Waals surface area contributed by atoms with E-state index in [0.29, 0.717) is 12.5 Å². The van der Waals surface area contributed by atoms with E-state index in [9.17, 15) is 0 Å². The van der Waals surface area contributed by atoms with Gasteiger partial charge in [-0.1, -0.05) is 0 Å². The summed E-state index contributed by atoms with van der Waals surface area (Å²) in [5, 5.41) is 3.51. The molecule has 2 rings (SSSR count). The quantitative estimate of drug-likeness (QED) is 0.878. The normalized spacial score (nSPS) is 21.9. The standard InChI is InChI=1S/C16H25NO2/c1-4-18-15-7-5-14(6-8-15)17-12-13-9-10-19-16(2,3)11-13/h5-8,13,17H,4,9-12H2,1-3H3/t13-/m1/s1. The fourth-order valence-corrected chi connectivity index (χ4v) is 2.63. The number of hydrogen-bond acceptors (Lipinski definition) is 3. The highest BCUT2D eigenvalue weighted by Gasteiger charge is 2.28. The van der Waals surface area contributed by atoms with Crippen LogP contribution < -0.4 is 10.1 Å². The Hall–Kier alpha value is -1.22. The van der Waals surface area contributed by atoms with Crippen LogP contribution in [0.2, 0.25) is 0 Å². The van der Waals surface area contributed by atoms with Crippen molar-refractivity contribution in [2.24, 2.45) is 5.92 Å². The third-order valence-electron chi connectivity index (χ3n) is 3.56. The summed E-state index contributed by atoms with van der Waals surface area (Å²) in [5.74, 6) is 1.62. The van der Waals surface area contributed by atoms with Crippen molar-refractivity contribution in [1.29, 1.82) is 0 Å². The molecule has 0 radical (unpaired) electrons. The molecule has 0 unspecified atom stereocenters. The molecular formula is C16H25NO2. The molecule has 1 atom stereocenters. The highest BCUT2D eigenvalue weighted by molar-refractivity contribution is 5.46. The Balaban J connectivity index is 1.81.